The predicted octanol–water partition coefficient (Wildman–Crippen LogP) is 4.67. The number of amides is 1. The highest BCUT2D eigenvalue weighted by Crippen LogP contribution is 2.33. The molecule has 0 radical (unpaired) electrons. The first kappa shape index (κ1) is 14.5. The van der Waals surface area contributed by atoms with Crippen molar-refractivity contribution < 1.29 is 13.9 Å². The average Bonchev–Trinajstić information content (AvgIpc) is 2.72. The minimum atomic E-state index is -0.470. The summed E-state index contributed by atoms with van der Waals surface area (Å²) < 4.78 is 19.8. The predicted molar refractivity (Wildman–Crippen MR) is 80.6 cm³/mol. The lowest BCUT2D eigenvalue weighted by Gasteiger charge is -2.06. The van der Waals surface area contributed by atoms with Crippen molar-refractivity contribution >= 4 is 54.8 Å². The molecule has 19 heavy (non-hydrogen) atoms. The van der Waals surface area contributed by atoms with Crippen LogP contribution >= 0.6 is 43.2 Å². The molecule has 0 atom stereocenters. The third-order valence-electron chi connectivity index (χ3n) is 2.28. The highest BCUT2D eigenvalue weighted by atomic mass is 79.9. The van der Waals surface area contributed by atoms with Gasteiger partial charge in [0.2, 0.25) is 0 Å². The van der Waals surface area contributed by atoms with E-state index in [0.717, 1.165) is 8.26 Å². The lowest BCUT2D eigenvalue weighted by atomic mass is 10.3. The molecule has 0 aliphatic heterocycles. The van der Waals surface area contributed by atoms with Crippen molar-refractivity contribution in [3.05, 3.63) is 43.2 Å². The summed E-state index contributed by atoms with van der Waals surface area (Å²) in [5, 5.41) is 2.68. The standard InChI is InChI=1S/C12H8Br2FNO2S/c1-18-9-4-6(2-3-8(9)15)16-12(17)10-5-7(13)11(14)19-10/h2-5H,1H3,(H,16,17). The summed E-state index contributed by atoms with van der Waals surface area (Å²) in [6.07, 6.45) is 0. The van der Waals surface area contributed by atoms with E-state index in [1.54, 1.807) is 6.07 Å². The molecule has 0 saturated heterocycles. The maximum atomic E-state index is 13.2. The maximum absolute atomic E-state index is 13.2. The zero-order valence-corrected chi connectivity index (χ0v) is 13.7. The van der Waals surface area contributed by atoms with Crippen LogP contribution in [-0.4, -0.2) is 13.0 Å². The number of anilines is 1. The zero-order chi connectivity index (χ0) is 14.0. The van der Waals surface area contributed by atoms with Crippen molar-refractivity contribution in [3.63, 3.8) is 0 Å². The van der Waals surface area contributed by atoms with Crippen LogP contribution in [0.25, 0.3) is 0 Å². The zero-order valence-electron chi connectivity index (χ0n) is 9.67. The number of hydrogen-bond acceptors (Lipinski definition) is 3. The summed E-state index contributed by atoms with van der Waals surface area (Å²) in [5.41, 5.74) is 0.476. The topological polar surface area (TPSA) is 38.3 Å². The third kappa shape index (κ3) is 3.34. The Morgan fingerprint density at radius 1 is 1.37 bits per heavy atom. The van der Waals surface area contributed by atoms with Crippen molar-refractivity contribution in [3.8, 4) is 5.75 Å². The van der Waals surface area contributed by atoms with Gasteiger partial charge in [-0.25, -0.2) is 4.39 Å². The second-order valence-corrected chi connectivity index (χ2v) is 6.76. The highest BCUT2D eigenvalue weighted by Gasteiger charge is 2.13. The Morgan fingerprint density at radius 3 is 2.68 bits per heavy atom. The van der Waals surface area contributed by atoms with Crippen LogP contribution in [0.3, 0.4) is 0 Å². The Kier molecular flexibility index (Phi) is 4.59. The van der Waals surface area contributed by atoms with Gasteiger partial charge in [-0.15, -0.1) is 11.3 Å². The SMILES string of the molecule is COc1cc(NC(=O)c2cc(Br)c(Br)s2)ccc1F. The number of carbonyl (C=O) groups is 1. The normalized spacial score (nSPS) is 10.3. The van der Waals surface area contributed by atoms with Crippen molar-refractivity contribution in [2.45, 2.75) is 0 Å². The van der Waals surface area contributed by atoms with Gasteiger partial charge in [0, 0.05) is 16.2 Å². The summed E-state index contributed by atoms with van der Waals surface area (Å²) >= 11 is 7.95. The van der Waals surface area contributed by atoms with Crippen LogP contribution in [0, 0.1) is 5.82 Å². The quantitative estimate of drug-likeness (QED) is 0.801. The van der Waals surface area contributed by atoms with Crippen LogP contribution in [0.1, 0.15) is 9.67 Å². The Bertz CT molecular complexity index is 611. The summed E-state index contributed by atoms with van der Waals surface area (Å²) in [6.45, 7) is 0. The number of hydrogen-bond donors (Lipinski definition) is 1. The molecular formula is C12H8Br2FNO2S. The smallest absolute Gasteiger partial charge is 0.265 e. The number of halogens is 3. The molecule has 1 N–H and O–H groups in total. The molecule has 3 nitrogen and oxygen atoms in total. The first-order valence-corrected chi connectivity index (χ1v) is 7.51. The number of rotatable bonds is 3. The van der Waals surface area contributed by atoms with Crippen molar-refractivity contribution in [2.24, 2.45) is 0 Å². The fraction of sp³-hybridized carbons (Fsp3) is 0.0833. The molecule has 2 rings (SSSR count). The highest BCUT2D eigenvalue weighted by molar-refractivity contribution is 9.13. The van der Waals surface area contributed by atoms with Crippen LogP contribution in [0.15, 0.2) is 32.5 Å². The molecule has 100 valence electrons. The van der Waals surface area contributed by atoms with E-state index in [0.29, 0.717) is 10.6 Å². The van der Waals surface area contributed by atoms with Gasteiger partial charge in [-0.1, -0.05) is 0 Å². The van der Waals surface area contributed by atoms with Gasteiger partial charge in [-0.2, -0.15) is 0 Å². The van der Waals surface area contributed by atoms with Gasteiger partial charge in [-0.3, -0.25) is 4.79 Å². The number of carbonyl (C=O) groups excluding carboxylic acids is 1. The van der Waals surface area contributed by atoms with Gasteiger partial charge in [-0.05, 0) is 50.1 Å². The van der Waals surface area contributed by atoms with Crippen LogP contribution in [0.2, 0.25) is 0 Å². The molecule has 0 saturated carbocycles. The van der Waals surface area contributed by atoms with Gasteiger partial charge in [0.15, 0.2) is 11.6 Å². The van der Waals surface area contributed by atoms with Gasteiger partial charge >= 0.3 is 0 Å². The molecular weight excluding hydrogens is 401 g/mol. The Labute approximate surface area is 130 Å². The third-order valence-corrected chi connectivity index (χ3v) is 5.53. The lowest BCUT2D eigenvalue weighted by molar-refractivity contribution is 0.103. The van der Waals surface area contributed by atoms with Crippen LogP contribution < -0.4 is 10.1 Å². The van der Waals surface area contributed by atoms with Crippen LogP contribution in [0.4, 0.5) is 10.1 Å². The minimum Gasteiger partial charge on any atom is -0.494 e. The first-order valence-electron chi connectivity index (χ1n) is 5.11. The molecule has 0 fully saturated rings. The second-order valence-electron chi connectivity index (χ2n) is 3.54. The molecule has 2 aromatic rings. The lowest BCUT2D eigenvalue weighted by Crippen LogP contribution is -2.10. The summed E-state index contributed by atoms with van der Waals surface area (Å²) in [7, 11) is 1.37. The fourth-order valence-corrected chi connectivity index (χ4v) is 3.32. The van der Waals surface area contributed by atoms with Crippen LogP contribution in [-0.2, 0) is 0 Å². The fourth-order valence-electron chi connectivity index (χ4n) is 1.39. The van der Waals surface area contributed by atoms with E-state index < -0.39 is 5.82 Å². The Morgan fingerprint density at radius 2 is 2.11 bits per heavy atom. The average molecular weight is 409 g/mol. The van der Waals surface area contributed by atoms with E-state index in [9.17, 15) is 9.18 Å². The van der Waals surface area contributed by atoms with E-state index in [1.165, 1.54) is 36.6 Å². The van der Waals surface area contributed by atoms with E-state index >= 15 is 0 Å². The molecule has 0 unspecified atom stereocenters. The Balaban J connectivity index is 2.19. The van der Waals surface area contributed by atoms with Crippen molar-refractivity contribution in [2.75, 3.05) is 12.4 Å². The molecule has 1 amide bonds. The van der Waals surface area contributed by atoms with Gasteiger partial charge in [0.05, 0.1) is 15.8 Å². The van der Waals surface area contributed by atoms with E-state index in [4.69, 9.17) is 4.74 Å². The van der Waals surface area contributed by atoms with Gasteiger partial charge in [0.1, 0.15) is 0 Å². The first-order chi connectivity index (χ1) is 9.01. The van der Waals surface area contributed by atoms with Gasteiger partial charge < -0.3 is 10.1 Å². The number of methoxy groups -OCH3 is 1. The van der Waals surface area contributed by atoms with Crippen molar-refractivity contribution in [1.29, 1.82) is 0 Å². The maximum Gasteiger partial charge on any atom is 0.265 e. The Hall–Kier alpha value is -0.920. The summed E-state index contributed by atoms with van der Waals surface area (Å²) in [5.74, 6) is -0.640. The molecule has 0 aliphatic rings. The number of ether oxygens (including phenoxy) is 1. The van der Waals surface area contributed by atoms with E-state index in [-0.39, 0.29) is 11.7 Å². The van der Waals surface area contributed by atoms with E-state index in [1.807, 2.05) is 0 Å². The molecule has 0 aliphatic carbocycles. The molecule has 1 aromatic carbocycles. The molecule has 7 heteroatoms. The minimum absolute atomic E-state index is 0.0892. The summed E-state index contributed by atoms with van der Waals surface area (Å²) in [4.78, 5) is 12.5. The molecule has 0 bridgehead atoms. The summed E-state index contributed by atoms with van der Waals surface area (Å²) in [6, 6.07) is 5.87. The largest absolute Gasteiger partial charge is 0.494 e. The van der Waals surface area contributed by atoms with Crippen molar-refractivity contribution in [1.82, 2.24) is 0 Å². The molecule has 1 heterocycles. The number of thiophene rings is 1. The second kappa shape index (κ2) is 6.02. The van der Waals surface area contributed by atoms with E-state index in [2.05, 4.69) is 37.2 Å². The van der Waals surface area contributed by atoms with Crippen LogP contribution in [0.5, 0.6) is 5.75 Å². The number of nitrogens with one attached hydrogen (secondary N) is 1. The molecule has 1 aromatic heterocycles. The molecule has 0 spiro atoms. The monoisotopic (exact) mass is 407 g/mol. The van der Waals surface area contributed by atoms with Gasteiger partial charge in [0.25, 0.3) is 5.91 Å². The number of benzene rings is 1.